The lowest BCUT2D eigenvalue weighted by atomic mass is 10.1. The van der Waals surface area contributed by atoms with Crippen molar-refractivity contribution in [2.24, 2.45) is 0 Å². The summed E-state index contributed by atoms with van der Waals surface area (Å²) in [5.74, 6) is 1.62. The van der Waals surface area contributed by atoms with Gasteiger partial charge in [-0.05, 0) is 49.6 Å². The van der Waals surface area contributed by atoms with E-state index in [2.05, 4.69) is 31.3 Å². The van der Waals surface area contributed by atoms with Gasteiger partial charge in [-0.3, -0.25) is 0 Å². The molecule has 5 heteroatoms. The Hall–Kier alpha value is -2.76. The fraction of sp³-hybridized carbons (Fsp3) is 0.217. The minimum Gasteiger partial charge on any atom is -0.389 e. The molecular formula is C23H23N3OS. The molecule has 0 aliphatic heterocycles. The van der Waals surface area contributed by atoms with Crippen LogP contribution >= 0.6 is 11.3 Å². The number of aromatic nitrogens is 2. The number of aliphatic hydroxyl groups is 1. The maximum absolute atomic E-state index is 9.89. The van der Waals surface area contributed by atoms with Crippen LogP contribution in [0.2, 0.25) is 0 Å². The molecule has 4 nitrogen and oxygen atoms in total. The third kappa shape index (κ3) is 3.77. The maximum atomic E-state index is 9.89. The van der Waals surface area contributed by atoms with Crippen LogP contribution in [0.1, 0.15) is 40.4 Å². The first-order chi connectivity index (χ1) is 13.5. The van der Waals surface area contributed by atoms with Crippen LogP contribution in [0.25, 0.3) is 10.2 Å². The molecule has 2 aromatic carbocycles. The minimum absolute atomic E-state index is 0.508. The summed E-state index contributed by atoms with van der Waals surface area (Å²) >= 11 is 1.71. The van der Waals surface area contributed by atoms with Crippen LogP contribution in [0, 0.1) is 13.8 Å². The molecule has 0 saturated carbocycles. The zero-order valence-corrected chi connectivity index (χ0v) is 17.0. The molecule has 0 aliphatic rings. The molecule has 0 saturated heterocycles. The standard InChI is InChI=1S/C23H23N3OS/c1-14-16(3)28-23-21(14)22(24-19-11-7-10-18(13-19)15(2)27)25-20(26-23)12-17-8-5-4-6-9-17/h4-11,13,15,27H,12H2,1-3H3,(H,24,25,26). The van der Waals surface area contributed by atoms with Crippen molar-refractivity contribution in [1.29, 1.82) is 0 Å². The van der Waals surface area contributed by atoms with Gasteiger partial charge in [0, 0.05) is 17.0 Å². The predicted octanol–water partition coefficient (Wildman–Crippen LogP) is 5.70. The van der Waals surface area contributed by atoms with E-state index in [9.17, 15) is 5.11 Å². The number of fused-ring (bicyclic) bond motifs is 1. The Morgan fingerprint density at radius 2 is 1.82 bits per heavy atom. The van der Waals surface area contributed by atoms with Gasteiger partial charge in [-0.25, -0.2) is 9.97 Å². The normalized spacial score (nSPS) is 12.3. The van der Waals surface area contributed by atoms with Gasteiger partial charge in [-0.1, -0.05) is 42.5 Å². The lowest BCUT2D eigenvalue weighted by Gasteiger charge is -2.12. The van der Waals surface area contributed by atoms with E-state index in [0.717, 1.165) is 33.1 Å². The van der Waals surface area contributed by atoms with Crippen molar-refractivity contribution in [2.45, 2.75) is 33.3 Å². The molecule has 0 amide bonds. The third-order valence-electron chi connectivity index (χ3n) is 4.91. The van der Waals surface area contributed by atoms with Crippen molar-refractivity contribution in [1.82, 2.24) is 9.97 Å². The summed E-state index contributed by atoms with van der Waals surface area (Å²) < 4.78 is 0. The predicted molar refractivity (Wildman–Crippen MR) is 116 cm³/mol. The van der Waals surface area contributed by atoms with Gasteiger partial charge >= 0.3 is 0 Å². The van der Waals surface area contributed by atoms with Gasteiger partial charge in [0.05, 0.1) is 11.5 Å². The quantitative estimate of drug-likeness (QED) is 0.460. The van der Waals surface area contributed by atoms with Gasteiger partial charge in [0.2, 0.25) is 0 Å². The molecule has 0 spiro atoms. The second-order valence-corrected chi connectivity index (χ2v) is 8.24. The number of benzene rings is 2. The van der Waals surface area contributed by atoms with E-state index < -0.39 is 6.10 Å². The largest absolute Gasteiger partial charge is 0.389 e. The second kappa shape index (κ2) is 7.70. The summed E-state index contributed by atoms with van der Waals surface area (Å²) in [6.45, 7) is 6.01. The minimum atomic E-state index is -0.508. The number of rotatable bonds is 5. The van der Waals surface area contributed by atoms with Crippen LogP contribution in [0.3, 0.4) is 0 Å². The summed E-state index contributed by atoms with van der Waals surface area (Å²) in [5.41, 5.74) is 4.18. The first-order valence-corrected chi connectivity index (χ1v) is 10.2. The molecule has 0 radical (unpaired) electrons. The van der Waals surface area contributed by atoms with E-state index in [1.54, 1.807) is 18.3 Å². The zero-order valence-electron chi connectivity index (χ0n) is 16.2. The van der Waals surface area contributed by atoms with Crippen molar-refractivity contribution in [3.05, 3.63) is 82.0 Å². The second-order valence-electron chi connectivity index (χ2n) is 7.04. The summed E-state index contributed by atoms with van der Waals surface area (Å²) in [4.78, 5) is 11.9. The van der Waals surface area contributed by atoms with Crippen molar-refractivity contribution in [3.8, 4) is 0 Å². The van der Waals surface area contributed by atoms with Crippen LogP contribution in [0.5, 0.6) is 0 Å². The molecule has 2 N–H and O–H groups in total. The van der Waals surface area contributed by atoms with Gasteiger partial charge in [-0.15, -0.1) is 11.3 Å². The van der Waals surface area contributed by atoms with E-state index in [-0.39, 0.29) is 0 Å². The van der Waals surface area contributed by atoms with Crippen LogP contribution in [-0.4, -0.2) is 15.1 Å². The third-order valence-corrected chi connectivity index (χ3v) is 6.01. The Bertz CT molecular complexity index is 1120. The summed E-state index contributed by atoms with van der Waals surface area (Å²) in [7, 11) is 0. The molecule has 1 unspecified atom stereocenters. The zero-order chi connectivity index (χ0) is 19.7. The molecule has 1 atom stereocenters. The fourth-order valence-corrected chi connectivity index (χ4v) is 4.30. The number of aliphatic hydroxyl groups excluding tert-OH is 1. The van der Waals surface area contributed by atoms with Gasteiger partial charge in [0.1, 0.15) is 16.5 Å². The van der Waals surface area contributed by atoms with Gasteiger partial charge in [-0.2, -0.15) is 0 Å². The smallest absolute Gasteiger partial charge is 0.143 e. The van der Waals surface area contributed by atoms with Gasteiger partial charge in [0.25, 0.3) is 0 Å². The van der Waals surface area contributed by atoms with Crippen molar-refractivity contribution < 1.29 is 5.11 Å². The van der Waals surface area contributed by atoms with Crippen LogP contribution < -0.4 is 5.32 Å². The highest BCUT2D eigenvalue weighted by molar-refractivity contribution is 7.18. The molecule has 0 fully saturated rings. The number of hydrogen-bond donors (Lipinski definition) is 2. The lowest BCUT2D eigenvalue weighted by molar-refractivity contribution is 0.199. The Labute approximate surface area is 168 Å². The van der Waals surface area contributed by atoms with Crippen molar-refractivity contribution >= 4 is 33.1 Å². The molecule has 28 heavy (non-hydrogen) atoms. The highest BCUT2D eigenvalue weighted by Gasteiger charge is 2.15. The van der Waals surface area contributed by atoms with E-state index in [0.29, 0.717) is 6.42 Å². The van der Waals surface area contributed by atoms with Crippen LogP contribution in [0.15, 0.2) is 54.6 Å². The van der Waals surface area contributed by atoms with Crippen molar-refractivity contribution in [3.63, 3.8) is 0 Å². The van der Waals surface area contributed by atoms with Crippen molar-refractivity contribution in [2.75, 3.05) is 5.32 Å². The average Bonchev–Trinajstić information content (AvgIpc) is 2.97. The highest BCUT2D eigenvalue weighted by atomic mass is 32.1. The molecular weight excluding hydrogens is 366 g/mol. The van der Waals surface area contributed by atoms with E-state index in [1.165, 1.54) is 16.0 Å². The number of anilines is 2. The van der Waals surface area contributed by atoms with Crippen LogP contribution in [-0.2, 0) is 6.42 Å². The lowest BCUT2D eigenvalue weighted by Crippen LogP contribution is -2.03. The SMILES string of the molecule is Cc1sc2nc(Cc3ccccc3)nc(Nc3cccc(C(C)O)c3)c2c1C. The first-order valence-electron chi connectivity index (χ1n) is 9.37. The molecule has 0 aliphatic carbocycles. The molecule has 2 heterocycles. The number of thiophene rings is 1. The van der Waals surface area contributed by atoms with Crippen LogP contribution in [0.4, 0.5) is 11.5 Å². The number of hydrogen-bond acceptors (Lipinski definition) is 5. The highest BCUT2D eigenvalue weighted by Crippen LogP contribution is 2.35. The average molecular weight is 390 g/mol. The number of nitrogens with zero attached hydrogens (tertiary/aromatic N) is 2. The molecule has 4 rings (SSSR count). The van der Waals surface area contributed by atoms with E-state index in [1.807, 2.05) is 42.5 Å². The monoisotopic (exact) mass is 389 g/mol. The Morgan fingerprint density at radius 3 is 2.57 bits per heavy atom. The summed E-state index contributed by atoms with van der Waals surface area (Å²) in [6.07, 6.45) is 0.181. The fourth-order valence-electron chi connectivity index (χ4n) is 3.25. The molecule has 0 bridgehead atoms. The Morgan fingerprint density at radius 1 is 1.04 bits per heavy atom. The molecule has 2 aromatic heterocycles. The maximum Gasteiger partial charge on any atom is 0.143 e. The first kappa shape index (κ1) is 18.6. The molecule has 4 aromatic rings. The summed E-state index contributed by atoms with van der Waals surface area (Å²) in [5, 5.41) is 14.4. The van der Waals surface area contributed by atoms with Gasteiger partial charge < -0.3 is 10.4 Å². The van der Waals surface area contributed by atoms with E-state index >= 15 is 0 Å². The number of aryl methyl sites for hydroxylation is 2. The number of nitrogens with one attached hydrogen (secondary N) is 1. The Balaban J connectivity index is 1.78. The van der Waals surface area contributed by atoms with E-state index in [4.69, 9.17) is 9.97 Å². The molecule has 142 valence electrons. The summed E-state index contributed by atoms with van der Waals surface area (Å²) in [6, 6.07) is 18.1. The van der Waals surface area contributed by atoms with Gasteiger partial charge in [0.15, 0.2) is 0 Å². The topological polar surface area (TPSA) is 58.0 Å². The Kier molecular flexibility index (Phi) is 5.11.